The first-order valence-corrected chi connectivity index (χ1v) is 7.20. The van der Waals surface area contributed by atoms with Crippen molar-refractivity contribution in [3.8, 4) is 0 Å². The number of carboxylic acid groups (broad SMARTS) is 1. The minimum absolute atomic E-state index is 0.0492. The summed E-state index contributed by atoms with van der Waals surface area (Å²) in [5, 5.41) is 12.7. The minimum Gasteiger partial charge on any atom is -0.481 e. The van der Waals surface area contributed by atoms with Crippen molar-refractivity contribution in [2.75, 3.05) is 5.32 Å². The Kier molecular flexibility index (Phi) is 5.04. The zero-order chi connectivity index (χ0) is 14.5. The lowest BCUT2D eigenvalue weighted by Crippen LogP contribution is -2.02. The lowest BCUT2D eigenvalue weighted by molar-refractivity contribution is -0.136. The molecule has 104 valence electrons. The first-order chi connectivity index (χ1) is 9.54. The highest BCUT2D eigenvalue weighted by molar-refractivity contribution is 9.10. The molecule has 0 radical (unpaired) electrons. The zero-order valence-corrected chi connectivity index (χ0v) is 12.9. The number of halogens is 2. The van der Waals surface area contributed by atoms with Crippen LogP contribution in [0.5, 0.6) is 0 Å². The van der Waals surface area contributed by atoms with Gasteiger partial charge in [-0.15, -0.1) is 0 Å². The molecule has 0 spiro atoms. The molecule has 20 heavy (non-hydrogen) atoms. The molecule has 0 saturated heterocycles. The van der Waals surface area contributed by atoms with Crippen LogP contribution < -0.4 is 5.32 Å². The summed E-state index contributed by atoms with van der Waals surface area (Å²) in [5.41, 5.74) is 2.79. The third-order valence-electron chi connectivity index (χ3n) is 2.79. The summed E-state index contributed by atoms with van der Waals surface area (Å²) >= 11 is 9.41. The standard InChI is InChI=1S/C15H13BrClNO2/c16-13-6-5-12(17)8-14(13)18-9-11-3-1-10(2-4-11)7-15(19)20/h1-6,8,18H,7,9H2,(H,19,20). The van der Waals surface area contributed by atoms with Crippen molar-refractivity contribution in [3.05, 3.63) is 63.1 Å². The average molecular weight is 355 g/mol. The van der Waals surface area contributed by atoms with E-state index in [0.717, 1.165) is 21.3 Å². The minimum atomic E-state index is -0.821. The Morgan fingerprint density at radius 3 is 2.45 bits per heavy atom. The van der Waals surface area contributed by atoms with E-state index in [2.05, 4.69) is 21.2 Å². The summed E-state index contributed by atoms with van der Waals surface area (Å²) in [6.45, 7) is 0.645. The highest BCUT2D eigenvalue weighted by atomic mass is 79.9. The second kappa shape index (κ2) is 6.77. The summed E-state index contributed by atoms with van der Waals surface area (Å²) < 4.78 is 0.949. The summed E-state index contributed by atoms with van der Waals surface area (Å²) in [7, 11) is 0. The number of aliphatic carboxylic acids is 1. The maximum absolute atomic E-state index is 10.6. The second-order valence-corrected chi connectivity index (χ2v) is 5.66. The van der Waals surface area contributed by atoms with Crippen molar-refractivity contribution >= 4 is 39.2 Å². The van der Waals surface area contributed by atoms with Crippen LogP contribution in [0, 0.1) is 0 Å². The number of benzene rings is 2. The normalized spacial score (nSPS) is 10.3. The molecule has 2 N–H and O–H groups in total. The van der Waals surface area contributed by atoms with Crippen molar-refractivity contribution in [2.45, 2.75) is 13.0 Å². The Labute approximate surface area is 130 Å². The maximum Gasteiger partial charge on any atom is 0.307 e. The molecule has 0 atom stereocenters. The van der Waals surface area contributed by atoms with Gasteiger partial charge >= 0.3 is 5.97 Å². The highest BCUT2D eigenvalue weighted by Crippen LogP contribution is 2.26. The quantitative estimate of drug-likeness (QED) is 0.839. The third-order valence-corrected chi connectivity index (χ3v) is 3.72. The van der Waals surface area contributed by atoms with E-state index in [1.54, 1.807) is 0 Å². The topological polar surface area (TPSA) is 49.3 Å². The lowest BCUT2D eigenvalue weighted by atomic mass is 10.1. The molecule has 0 heterocycles. The van der Waals surface area contributed by atoms with Crippen molar-refractivity contribution in [2.24, 2.45) is 0 Å². The fourth-order valence-electron chi connectivity index (χ4n) is 1.78. The van der Waals surface area contributed by atoms with Gasteiger partial charge in [-0.05, 0) is 45.3 Å². The van der Waals surface area contributed by atoms with E-state index in [1.807, 2.05) is 42.5 Å². The van der Waals surface area contributed by atoms with E-state index >= 15 is 0 Å². The maximum atomic E-state index is 10.6. The summed E-state index contributed by atoms with van der Waals surface area (Å²) in [4.78, 5) is 10.6. The molecule has 0 aliphatic carbocycles. The lowest BCUT2D eigenvalue weighted by Gasteiger charge is -2.09. The fourth-order valence-corrected chi connectivity index (χ4v) is 2.34. The number of nitrogens with one attached hydrogen (secondary N) is 1. The number of carbonyl (C=O) groups is 1. The largest absolute Gasteiger partial charge is 0.481 e. The molecule has 0 aromatic heterocycles. The Hall–Kier alpha value is -1.52. The average Bonchev–Trinajstić information content (AvgIpc) is 2.41. The van der Waals surface area contributed by atoms with Gasteiger partial charge in [-0.3, -0.25) is 4.79 Å². The molecular formula is C15H13BrClNO2. The smallest absolute Gasteiger partial charge is 0.307 e. The molecular weight excluding hydrogens is 342 g/mol. The van der Waals surface area contributed by atoms with Gasteiger partial charge in [-0.1, -0.05) is 35.9 Å². The van der Waals surface area contributed by atoms with Gasteiger partial charge in [0.05, 0.1) is 12.1 Å². The van der Waals surface area contributed by atoms with E-state index in [1.165, 1.54) is 0 Å². The first-order valence-electron chi connectivity index (χ1n) is 6.03. The molecule has 5 heteroatoms. The van der Waals surface area contributed by atoms with E-state index in [-0.39, 0.29) is 6.42 Å². The molecule has 0 fully saturated rings. The van der Waals surface area contributed by atoms with Crippen LogP contribution in [0.15, 0.2) is 46.9 Å². The number of carboxylic acids is 1. The van der Waals surface area contributed by atoms with Gasteiger partial charge in [-0.25, -0.2) is 0 Å². The second-order valence-electron chi connectivity index (χ2n) is 4.36. The van der Waals surface area contributed by atoms with Crippen molar-refractivity contribution in [3.63, 3.8) is 0 Å². The molecule has 0 aliphatic heterocycles. The third kappa shape index (κ3) is 4.25. The number of rotatable bonds is 5. The SMILES string of the molecule is O=C(O)Cc1ccc(CNc2cc(Cl)ccc2Br)cc1. The van der Waals surface area contributed by atoms with E-state index in [9.17, 15) is 4.79 Å². The molecule has 2 aromatic carbocycles. The van der Waals surface area contributed by atoms with Crippen LogP contribution in [0.3, 0.4) is 0 Å². The highest BCUT2D eigenvalue weighted by Gasteiger charge is 2.02. The molecule has 3 nitrogen and oxygen atoms in total. The number of hydrogen-bond donors (Lipinski definition) is 2. The van der Waals surface area contributed by atoms with E-state index in [0.29, 0.717) is 11.6 Å². The van der Waals surface area contributed by atoms with Crippen LogP contribution in [-0.4, -0.2) is 11.1 Å². The summed E-state index contributed by atoms with van der Waals surface area (Å²) in [6.07, 6.45) is 0.0492. The van der Waals surface area contributed by atoms with Crippen LogP contribution in [0.4, 0.5) is 5.69 Å². The Morgan fingerprint density at radius 1 is 1.15 bits per heavy atom. The van der Waals surface area contributed by atoms with Crippen LogP contribution in [0.1, 0.15) is 11.1 Å². The molecule has 0 amide bonds. The van der Waals surface area contributed by atoms with Gasteiger partial charge in [0.25, 0.3) is 0 Å². The molecule has 0 aliphatic rings. The fraction of sp³-hybridized carbons (Fsp3) is 0.133. The first kappa shape index (κ1) is 14.9. The predicted octanol–water partition coefficient (Wildman–Crippen LogP) is 4.34. The molecule has 0 unspecified atom stereocenters. The van der Waals surface area contributed by atoms with Crippen LogP contribution in [-0.2, 0) is 17.8 Å². The Bertz CT molecular complexity index is 614. The molecule has 0 saturated carbocycles. The molecule has 0 bridgehead atoms. The molecule has 2 rings (SSSR count). The monoisotopic (exact) mass is 353 g/mol. The molecule has 2 aromatic rings. The van der Waals surface area contributed by atoms with Crippen molar-refractivity contribution in [1.29, 1.82) is 0 Å². The number of hydrogen-bond acceptors (Lipinski definition) is 2. The Balaban J connectivity index is 2.00. The Morgan fingerprint density at radius 2 is 1.80 bits per heavy atom. The van der Waals surface area contributed by atoms with E-state index in [4.69, 9.17) is 16.7 Å². The van der Waals surface area contributed by atoms with E-state index < -0.39 is 5.97 Å². The van der Waals surface area contributed by atoms with Gasteiger partial charge < -0.3 is 10.4 Å². The van der Waals surface area contributed by atoms with Gasteiger partial charge in [0, 0.05) is 16.0 Å². The summed E-state index contributed by atoms with van der Waals surface area (Å²) in [5.74, 6) is -0.821. The predicted molar refractivity (Wildman–Crippen MR) is 84.3 cm³/mol. The summed E-state index contributed by atoms with van der Waals surface area (Å²) in [6, 6.07) is 13.1. The van der Waals surface area contributed by atoms with Gasteiger partial charge in [0.1, 0.15) is 0 Å². The van der Waals surface area contributed by atoms with Crippen LogP contribution in [0.25, 0.3) is 0 Å². The van der Waals surface area contributed by atoms with Gasteiger partial charge in [0.2, 0.25) is 0 Å². The number of anilines is 1. The van der Waals surface area contributed by atoms with Crippen molar-refractivity contribution < 1.29 is 9.90 Å². The van der Waals surface area contributed by atoms with Gasteiger partial charge in [-0.2, -0.15) is 0 Å². The van der Waals surface area contributed by atoms with Gasteiger partial charge in [0.15, 0.2) is 0 Å². The van der Waals surface area contributed by atoms with Crippen LogP contribution in [0.2, 0.25) is 5.02 Å². The zero-order valence-electron chi connectivity index (χ0n) is 10.6. The van der Waals surface area contributed by atoms with Crippen LogP contribution >= 0.6 is 27.5 Å². The van der Waals surface area contributed by atoms with Crippen molar-refractivity contribution in [1.82, 2.24) is 0 Å².